The zero-order chi connectivity index (χ0) is 15.4. The summed E-state index contributed by atoms with van der Waals surface area (Å²) in [4.78, 5) is 13.3. The molecule has 4 nitrogen and oxygen atoms in total. The highest BCUT2D eigenvalue weighted by molar-refractivity contribution is 5.89. The van der Waals surface area contributed by atoms with Gasteiger partial charge in [0.05, 0.1) is 6.10 Å². The summed E-state index contributed by atoms with van der Waals surface area (Å²) >= 11 is 0. The van der Waals surface area contributed by atoms with Crippen molar-refractivity contribution in [3.8, 4) is 12.3 Å². The quantitative estimate of drug-likeness (QED) is 0.871. The Labute approximate surface area is 122 Å². The lowest BCUT2D eigenvalue weighted by molar-refractivity contribution is 0.0894. The molecule has 1 unspecified atom stereocenters. The molecule has 0 saturated carbocycles. The lowest BCUT2D eigenvalue weighted by Gasteiger charge is -2.21. The van der Waals surface area contributed by atoms with E-state index in [1.54, 1.807) is 7.05 Å². The van der Waals surface area contributed by atoms with E-state index >= 15 is 0 Å². The molecule has 21 heavy (non-hydrogen) atoms. The fraction of sp³-hybridized carbons (Fsp3) is 0.400. The van der Waals surface area contributed by atoms with Gasteiger partial charge in [-0.05, 0) is 25.0 Å². The Morgan fingerprint density at radius 1 is 1.52 bits per heavy atom. The summed E-state index contributed by atoms with van der Waals surface area (Å²) in [7, 11) is 1.54. The largest absolute Gasteiger partial charge is 0.376 e. The maximum atomic E-state index is 13.7. The minimum atomic E-state index is -0.901. The van der Waals surface area contributed by atoms with Crippen molar-refractivity contribution in [1.29, 1.82) is 0 Å². The highest BCUT2D eigenvalue weighted by atomic mass is 19.1. The number of halogens is 2. The van der Waals surface area contributed by atoms with E-state index in [0.29, 0.717) is 13.2 Å². The number of terminal acetylenes is 1. The number of rotatable bonds is 3. The molecule has 1 atom stereocenters. The van der Waals surface area contributed by atoms with E-state index in [2.05, 4.69) is 11.2 Å². The van der Waals surface area contributed by atoms with E-state index in [-0.39, 0.29) is 11.7 Å². The second kappa shape index (κ2) is 6.55. The molecule has 0 aliphatic carbocycles. The van der Waals surface area contributed by atoms with Gasteiger partial charge in [-0.2, -0.15) is 0 Å². The monoisotopic (exact) mass is 294 g/mol. The van der Waals surface area contributed by atoms with E-state index in [1.807, 2.05) is 0 Å². The van der Waals surface area contributed by atoms with Crippen LogP contribution >= 0.6 is 0 Å². The van der Waals surface area contributed by atoms with Gasteiger partial charge in [-0.1, -0.05) is 5.92 Å². The van der Waals surface area contributed by atoms with Crippen molar-refractivity contribution in [2.45, 2.75) is 18.9 Å². The first-order chi connectivity index (χ1) is 10.0. The number of hydrogen-bond acceptors (Lipinski definition) is 2. The molecule has 1 N–H and O–H groups in total. The number of amides is 2. The maximum Gasteiger partial charge on any atom is 0.321 e. The number of carbonyl (C=O) groups excluding carboxylic acids is 1. The molecule has 1 aliphatic rings. The summed E-state index contributed by atoms with van der Waals surface area (Å²) in [5.41, 5.74) is -0.422. The number of nitrogens with zero attached hydrogens (tertiary/aromatic N) is 1. The molecule has 1 fully saturated rings. The van der Waals surface area contributed by atoms with Crippen LogP contribution in [0.15, 0.2) is 12.1 Å². The zero-order valence-electron chi connectivity index (χ0n) is 11.7. The van der Waals surface area contributed by atoms with Gasteiger partial charge in [0.15, 0.2) is 11.6 Å². The lowest BCUT2D eigenvalue weighted by atomic mass is 10.2. The van der Waals surface area contributed by atoms with Gasteiger partial charge in [0.2, 0.25) is 0 Å². The smallest absolute Gasteiger partial charge is 0.321 e. The molecule has 2 amide bonds. The van der Waals surface area contributed by atoms with Crippen LogP contribution in [0.1, 0.15) is 18.4 Å². The van der Waals surface area contributed by atoms with Crippen LogP contribution < -0.4 is 5.32 Å². The number of carbonyl (C=O) groups is 1. The highest BCUT2D eigenvalue weighted by Gasteiger charge is 2.21. The molecule has 6 heteroatoms. The second-order valence-corrected chi connectivity index (χ2v) is 4.90. The molecule has 1 aromatic carbocycles. The third-order valence-corrected chi connectivity index (χ3v) is 3.29. The van der Waals surface area contributed by atoms with Gasteiger partial charge in [-0.3, -0.25) is 0 Å². The molecule has 1 aromatic rings. The first-order valence-electron chi connectivity index (χ1n) is 6.60. The molecule has 0 spiro atoms. The predicted molar refractivity (Wildman–Crippen MR) is 74.9 cm³/mol. The summed E-state index contributed by atoms with van der Waals surface area (Å²) < 4.78 is 32.9. The Bertz CT molecular complexity index is 555. The number of anilines is 1. The summed E-state index contributed by atoms with van der Waals surface area (Å²) in [6.07, 6.45) is 6.88. The Hall–Kier alpha value is -2.13. The third kappa shape index (κ3) is 3.70. The van der Waals surface area contributed by atoms with Crippen LogP contribution in [0.2, 0.25) is 0 Å². The number of ether oxygens (including phenoxy) is 1. The van der Waals surface area contributed by atoms with Crippen LogP contribution in [0.5, 0.6) is 0 Å². The maximum absolute atomic E-state index is 13.7. The van der Waals surface area contributed by atoms with Crippen LogP contribution in [-0.2, 0) is 4.74 Å². The highest BCUT2D eigenvalue weighted by Crippen LogP contribution is 2.21. The van der Waals surface area contributed by atoms with Gasteiger partial charge in [-0.25, -0.2) is 13.6 Å². The van der Waals surface area contributed by atoms with E-state index in [0.717, 1.165) is 25.0 Å². The van der Waals surface area contributed by atoms with Crippen molar-refractivity contribution in [3.05, 3.63) is 29.3 Å². The Kier molecular flexibility index (Phi) is 4.76. The van der Waals surface area contributed by atoms with Crippen molar-refractivity contribution in [2.24, 2.45) is 0 Å². The molecular formula is C15H16F2N2O2. The summed E-state index contributed by atoms with van der Waals surface area (Å²) in [5, 5.41) is 2.22. The molecule has 2 rings (SSSR count). The molecule has 1 aliphatic heterocycles. The van der Waals surface area contributed by atoms with Gasteiger partial charge in [0.25, 0.3) is 0 Å². The predicted octanol–water partition coefficient (Wildman–Crippen LogP) is 2.59. The fourth-order valence-corrected chi connectivity index (χ4v) is 2.15. The topological polar surface area (TPSA) is 41.6 Å². The van der Waals surface area contributed by atoms with Crippen molar-refractivity contribution in [2.75, 3.05) is 25.5 Å². The Morgan fingerprint density at radius 2 is 2.19 bits per heavy atom. The van der Waals surface area contributed by atoms with E-state index in [4.69, 9.17) is 11.2 Å². The first-order valence-corrected chi connectivity index (χ1v) is 6.60. The molecule has 1 heterocycles. The van der Waals surface area contributed by atoms with Crippen molar-refractivity contribution < 1.29 is 18.3 Å². The summed E-state index contributed by atoms with van der Waals surface area (Å²) in [6.45, 7) is 1.05. The number of nitrogens with one attached hydrogen (secondary N) is 1. The van der Waals surface area contributed by atoms with E-state index in [9.17, 15) is 13.6 Å². The van der Waals surface area contributed by atoms with Gasteiger partial charge in [-0.15, -0.1) is 6.42 Å². The normalized spacial score (nSPS) is 17.3. The standard InChI is InChI=1S/C15H16F2N2O2/c1-3-10-7-12(16)14(13(17)8-10)18-15(20)19(2)9-11-5-4-6-21-11/h1,7-8,11H,4-6,9H2,2H3,(H,18,20). The number of urea groups is 1. The second-order valence-electron chi connectivity index (χ2n) is 4.90. The molecule has 1 saturated heterocycles. The first kappa shape index (κ1) is 15.3. The van der Waals surface area contributed by atoms with Crippen LogP contribution in [0.25, 0.3) is 0 Å². The minimum Gasteiger partial charge on any atom is -0.376 e. The minimum absolute atomic E-state index is 0.0285. The van der Waals surface area contributed by atoms with Gasteiger partial charge in [0, 0.05) is 25.8 Å². The summed E-state index contributed by atoms with van der Waals surface area (Å²) in [5.74, 6) is 0.338. The third-order valence-electron chi connectivity index (χ3n) is 3.29. The molecule has 0 radical (unpaired) electrons. The van der Waals surface area contributed by atoms with Gasteiger partial charge < -0.3 is 15.0 Å². The molecular weight excluding hydrogens is 278 g/mol. The Morgan fingerprint density at radius 3 is 2.71 bits per heavy atom. The van der Waals surface area contributed by atoms with Crippen LogP contribution in [0, 0.1) is 24.0 Å². The molecule has 0 bridgehead atoms. The number of benzene rings is 1. The lowest BCUT2D eigenvalue weighted by Crippen LogP contribution is -2.37. The summed E-state index contributed by atoms with van der Waals surface area (Å²) in [6, 6.07) is 1.40. The van der Waals surface area contributed by atoms with Crippen molar-refractivity contribution in [1.82, 2.24) is 4.90 Å². The fourth-order valence-electron chi connectivity index (χ4n) is 2.15. The zero-order valence-corrected chi connectivity index (χ0v) is 11.7. The molecule has 112 valence electrons. The van der Waals surface area contributed by atoms with Crippen LogP contribution in [0.4, 0.5) is 19.3 Å². The Balaban J connectivity index is 2.03. The average Bonchev–Trinajstić information content (AvgIpc) is 2.95. The molecule has 0 aromatic heterocycles. The number of hydrogen-bond donors (Lipinski definition) is 1. The van der Waals surface area contributed by atoms with Crippen molar-refractivity contribution in [3.63, 3.8) is 0 Å². The van der Waals surface area contributed by atoms with Crippen molar-refractivity contribution >= 4 is 11.7 Å². The van der Waals surface area contributed by atoms with E-state index in [1.165, 1.54) is 4.90 Å². The number of likely N-dealkylation sites (N-methyl/N-ethyl adjacent to an activating group) is 1. The van der Waals surface area contributed by atoms with Crippen LogP contribution in [-0.4, -0.2) is 37.2 Å². The van der Waals surface area contributed by atoms with Gasteiger partial charge in [0.1, 0.15) is 5.69 Å². The van der Waals surface area contributed by atoms with E-state index < -0.39 is 23.4 Å². The average molecular weight is 294 g/mol. The van der Waals surface area contributed by atoms with Gasteiger partial charge >= 0.3 is 6.03 Å². The van der Waals surface area contributed by atoms with Crippen LogP contribution in [0.3, 0.4) is 0 Å². The SMILES string of the molecule is C#Cc1cc(F)c(NC(=O)N(C)CC2CCCO2)c(F)c1.